The van der Waals surface area contributed by atoms with Crippen molar-refractivity contribution in [2.75, 3.05) is 6.54 Å². The molecule has 1 N–H and O–H groups in total. The van der Waals surface area contributed by atoms with Gasteiger partial charge in [-0.1, -0.05) is 49.9 Å². The van der Waals surface area contributed by atoms with Crippen molar-refractivity contribution in [3.05, 3.63) is 35.0 Å². The Bertz CT molecular complexity index is 573. The molecule has 2 aromatic rings. The van der Waals surface area contributed by atoms with Gasteiger partial charge in [-0.15, -0.1) is 0 Å². The number of halogens is 1. The fourth-order valence-electron chi connectivity index (χ4n) is 2.90. The zero-order valence-electron chi connectivity index (χ0n) is 12.0. The molecular weight excluding hydrogens is 270 g/mol. The first-order valence-corrected chi connectivity index (χ1v) is 8.07. The van der Waals surface area contributed by atoms with Crippen molar-refractivity contribution in [1.29, 1.82) is 0 Å². The second-order valence-corrected chi connectivity index (χ2v) is 6.25. The Labute approximate surface area is 125 Å². The minimum absolute atomic E-state index is 0.323. The van der Waals surface area contributed by atoms with E-state index >= 15 is 0 Å². The van der Waals surface area contributed by atoms with Crippen LogP contribution in [0.4, 0.5) is 0 Å². The summed E-state index contributed by atoms with van der Waals surface area (Å²) in [6.07, 6.45) is 6.44. The molecule has 1 aromatic carbocycles. The van der Waals surface area contributed by atoms with E-state index in [0.29, 0.717) is 11.1 Å². The first-order valence-electron chi connectivity index (χ1n) is 7.69. The van der Waals surface area contributed by atoms with Crippen LogP contribution in [0.3, 0.4) is 0 Å². The second-order valence-electron chi connectivity index (χ2n) is 5.85. The average molecular weight is 292 g/mol. The molecule has 3 rings (SSSR count). The normalized spacial score (nSPS) is 17.3. The van der Waals surface area contributed by atoms with E-state index in [4.69, 9.17) is 16.0 Å². The predicted molar refractivity (Wildman–Crippen MR) is 84.2 cm³/mol. The third-order valence-electron chi connectivity index (χ3n) is 4.29. The molecule has 0 bridgehead atoms. The summed E-state index contributed by atoms with van der Waals surface area (Å²) in [4.78, 5) is 0. The van der Waals surface area contributed by atoms with Crippen LogP contribution in [0.2, 0.25) is 5.02 Å². The SMILES string of the molecule is CCCNC(CC1CCC1)c1cc2cccc(Cl)c2o1. The minimum Gasteiger partial charge on any atom is -0.458 e. The Kier molecular flexibility index (Phi) is 4.32. The molecule has 20 heavy (non-hydrogen) atoms. The van der Waals surface area contributed by atoms with E-state index < -0.39 is 0 Å². The van der Waals surface area contributed by atoms with E-state index in [0.717, 1.165) is 35.6 Å². The topological polar surface area (TPSA) is 25.2 Å². The van der Waals surface area contributed by atoms with Crippen LogP contribution < -0.4 is 5.32 Å². The van der Waals surface area contributed by atoms with Crippen LogP contribution in [0.1, 0.15) is 50.8 Å². The van der Waals surface area contributed by atoms with E-state index in [-0.39, 0.29) is 0 Å². The summed E-state index contributed by atoms with van der Waals surface area (Å²) in [6.45, 7) is 3.23. The molecule has 0 amide bonds. The molecule has 0 saturated heterocycles. The molecule has 1 atom stereocenters. The molecular formula is C17H22ClNO. The quantitative estimate of drug-likeness (QED) is 0.779. The van der Waals surface area contributed by atoms with Gasteiger partial charge >= 0.3 is 0 Å². The zero-order valence-corrected chi connectivity index (χ0v) is 12.7. The van der Waals surface area contributed by atoms with Gasteiger partial charge in [0.1, 0.15) is 5.76 Å². The number of benzene rings is 1. The zero-order chi connectivity index (χ0) is 13.9. The first-order chi connectivity index (χ1) is 9.78. The minimum atomic E-state index is 0.323. The van der Waals surface area contributed by atoms with Crippen molar-refractivity contribution >= 4 is 22.6 Å². The molecule has 3 heteroatoms. The molecule has 1 unspecified atom stereocenters. The lowest BCUT2D eigenvalue weighted by molar-refractivity contribution is 0.248. The van der Waals surface area contributed by atoms with E-state index in [1.54, 1.807) is 0 Å². The maximum Gasteiger partial charge on any atom is 0.152 e. The van der Waals surface area contributed by atoms with Gasteiger partial charge in [0.2, 0.25) is 0 Å². The Hall–Kier alpha value is -0.990. The Balaban J connectivity index is 1.84. The molecule has 2 nitrogen and oxygen atoms in total. The van der Waals surface area contributed by atoms with Gasteiger partial charge in [0.15, 0.2) is 5.58 Å². The molecule has 0 spiro atoms. The number of hydrogen-bond acceptors (Lipinski definition) is 2. The van der Waals surface area contributed by atoms with Crippen LogP contribution in [0, 0.1) is 5.92 Å². The van der Waals surface area contributed by atoms with E-state index in [1.165, 1.54) is 25.7 Å². The molecule has 1 aliphatic rings. The summed E-state index contributed by atoms with van der Waals surface area (Å²) in [5.74, 6) is 1.89. The summed E-state index contributed by atoms with van der Waals surface area (Å²) >= 11 is 6.21. The van der Waals surface area contributed by atoms with Gasteiger partial charge in [0.25, 0.3) is 0 Å². The van der Waals surface area contributed by atoms with Crippen molar-refractivity contribution in [3.63, 3.8) is 0 Å². The highest BCUT2D eigenvalue weighted by molar-refractivity contribution is 6.34. The lowest BCUT2D eigenvalue weighted by Crippen LogP contribution is -2.26. The van der Waals surface area contributed by atoms with Gasteiger partial charge in [-0.2, -0.15) is 0 Å². The van der Waals surface area contributed by atoms with E-state index in [2.05, 4.69) is 24.4 Å². The summed E-state index contributed by atoms with van der Waals surface area (Å²) < 4.78 is 6.03. The van der Waals surface area contributed by atoms with Gasteiger partial charge in [0, 0.05) is 5.39 Å². The highest BCUT2D eigenvalue weighted by Crippen LogP contribution is 2.37. The molecule has 108 valence electrons. The monoisotopic (exact) mass is 291 g/mol. The van der Waals surface area contributed by atoms with Crippen molar-refractivity contribution in [1.82, 2.24) is 5.32 Å². The number of hydrogen-bond donors (Lipinski definition) is 1. The lowest BCUT2D eigenvalue weighted by atomic mass is 9.80. The van der Waals surface area contributed by atoms with Crippen LogP contribution in [-0.2, 0) is 0 Å². The van der Waals surface area contributed by atoms with Gasteiger partial charge in [-0.05, 0) is 37.4 Å². The van der Waals surface area contributed by atoms with E-state index in [1.807, 2.05) is 12.1 Å². The highest BCUT2D eigenvalue weighted by atomic mass is 35.5. The largest absolute Gasteiger partial charge is 0.458 e. The van der Waals surface area contributed by atoms with Gasteiger partial charge in [0.05, 0.1) is 11.1 Å². The Morgan fingerprint density at radius 1 is 1.40 bits per heavy atom. The average Bonchev–Trinajstić information content (AvgIpc) is 2.82. The summed E-state index contributed by atoms with van der Waals surface area (Å²) in [6, 6.07) is 8.40. The van der Waals surface area contributed by atoms with Crippen molar-refractivity contribution in [2.24, 2.45) is 5.92 Å². The Morgan fingerprint density at radius 3 is 2.90 bits per heavy atom. The number of fused-ring (bicyclic) bond motifs is 1. The standard InChI is InChI=1S/C17H22ClNO/c1-2-9-19-15(10-12-5-3-6-12)16-11-13-7-4-8-14(18)17(13)20-16/h4,7-8,11-12,15,19H,2-3,5-6,9-10H2,1H3. The van der Waals surface area contributed by atoms with E-state index in [9.17, 15) is 0 Å². The third kappa shape index (κ3) is 2.87. The number of furan rings is 1. The van der Waals surface area contributed by atoms with Gasteiger partial charge in [-0.3, -0.25) is 0 Å². The maximum absolute atomic E-state index is 6.21. The molecule has 1 aliphatic carbocycles. The fraction of sp³-hybridized carbons (Fsp3) is 0.529. The van der Waals surface area contributed by atoms with Gasteiger partial charge < -0.3 is 9.73 Å². The lowest BCUT2D eigenvalue weighted by Gasteiger charge is -2.29. The summed E-state index contributed by atoms with van der Waals surface area (Å²) in [5, 5.41) is 5.43. The third-order valence-corrected chi connectivity index (χ3v) is 4.59. The number of rotatable bonds is 6. The summed E-state index contributed by atoms with van der Waals surface area (Å²) in [5.41, 5.74) is 0.820. The highest BCUT2D eigenvalue weighted by Gasteiger charge is 2.25. The Morgan fingerprint density at radius 2 is 2.25 bits per heavy atom. The number of para-hydroxylation sites is 1. The molecule has 0 radical (unpaired) electrons. The van der Waals surface area contributed by atoms with Crippen LogP contribution in [0.25, 0.3) is 11.0 Å². The van der Waals surface area contributed by atoms with Crippen molar-refractivity contribution in [2.45, 2.75) is 45.1 Å². The fourth-order valence-corrected chi connectivity index (χ4v) is 3.12. The van der Waals surface area contributed by atoms with Crippen molar-refractivity contribution in [3.8, 4) is 0 Å². The predicted octanol–water partition coefficient (Wildman–Crippen LogP) is 5.32. The van der Waals surface area contributed by atoms with Crippen LogP contribution in [-0.4, -0.2) is 6.54 Å². The van der Waals surface area contributed by atoms with Crippen molar-refractivity contribution < 1.29 is 4.42 Å². The molecule has 1 heterocycles. The maximum atomic E-state index is 6.21. The van der Waals surface area contributed by atoms with Crippen LogP contribution in [0.15, 0.2) is 28.7 Å². The van der Waals surface area contributed by atoms with Crippen LogP contribution >= 0.6 is 11.6 Å². The molecule has 0 aliphatic heterocycles. The molecule has 1 fully saturated rings. The molecule has 1 saturated carbocycles. The molecule has 1 aromatic heterocycles. The number of nitrogens with one attached hydrogen (secondary N) is 1. The van der Waals surface area contributed by atoms with Gasteiger partial charge in [-0.25, -0.2) is 0 Å². The second kappa shape index (κ2) is 6.19. The first kappa shape index (κ1) is 14.0. The smallest absolute Gasteiger partial charge is 0.152 e. The summed E-state index contributed by atoms with van der Waals surface area (Å²) in [7, 11) is 0. The van der Waals surface area contributed by atoms with Crippen LogP contribution in [0.5, 0.6) is 0 Å².